The SMILES string of the molecule is CCn1nncc1-c1cccnc1. The number of aryl methyl sites for hydroxylation is 1. The average molecular weight is 174 g/mol. The molecule has 2 aromatic heterocycles. The quantitative estimate of drug-likeness (QED) is 0.690. The summed E-state index contributed by atoms with van der Waals surface area (Å²) in [4.78, 5) is 4.05. The highest BCUT2D eigenvalue weighted by molar-refractivity contribution is 5.56. The second-order valence-corrected chi connectivity index (χ2v) is 2.68. The highest BCUT2D eigenvalue weighted by Gasteiger charge is 2.03. The average Bonchev–Trinajstić information content (AvgIpc) is 2.67. The van der Waals surface area contributed by atoms with Crippen LogP contribution in [0.5, 0.6) is 0 Å². The molecule has 0 aliphatic heterocycles. The van der Waals surface area contributed by atoms with Crippen LogP contribution in [0.15, 0.2) is 30.7 Å². The van der Waals surface area contributed by atoms with E-state index in [2.05, 4.69) is 15.3 Å². The molecule has 0 saturated heterocycles. The van der Waals surface area contributed by atoms with E-state index in [4.69, 9.17) is 0 Å². The molecule has 13 heavy (non-hydrogen) atoms. The van der Waals surface area contributed by atoms with Crippen molar-refractivity contribution < 1.29 is 0 Å². The summed E-state index contributed by atoms with van der Waals surface area (Å²) in [5.41, 5.74) is 2.06. The van der Waals surface area contributed by atoms with Gasteiger partial charge in [-0.05, 0) is 19.1 Å². The molecule has 2 aromatic rings. The van der Waals surface area contributed by atoms with Gasteiger partial charge in [-0.25, -0.2) is 4.68 Å². The van der Waals surface area contributed by atoms with Gasteiger partial charge in [-0.1, -0.05) is 5.21 Å². The van der Waals surface area contributed by atoms with Gasteiger partial charge in [0.15, 0.2) is 0 Å². The summed E-state index contributed by atoms with van der Waals surface area (Å²) in [5.74, 6) is 0. The molecule has 4 heteroatoms. The van der Waals surface area contributed by atoms with Gasteiger partial charge in [-0.15, -0.1) is 5.10 Å². The van der Waals surface area contributed by atoms with Gasteiger partial charge < -0.3 is 0 Å². The number of nitrogens with zero attached hydrogens (tertiary/aromatic N) is 4. The summed E-state index contributed by atoms with van der Waals surface area (Å²) in [6, 6.07) is 3.90. The number of aromatic nitrogens is 4. The fourth-order valence-electron chi connectivity index (χ4n) is 1.23. The lowest BCUT2D eigenvalue weighted by atomic mass is 10.2. The molecule has 0 amide bonds. The Morgan fingerprint density at radius 1 is 1.38 bits per heavy atom. The highest BCUT2D eigenvalue weighted by atomic mass is 15.4. The maximum absolute atomic E-state index is 4.05. The van der Waals surface area contributed by atoms with Crippen molar-refractivity contribution in [2.75, 3.05) is 0 Å². The van der Waals surface area contributed by atoms with Crippen LogP contribution in [0.1, 0.15) is 6.92 Å². The first-order chi connectivity index (χ1) is 6.42. The highest BCUT2D eigenvalue weighted by Crippen LogP contribution is 2.15. The van der Waals surface area contributed by atoms with Gasteiger partial charge in [0.1, 0.15) is 0 Å². The zero-order valence-corrected chi connectivity index (χ0v) is 7.38. The van der Waals surface area contributed by atoms with Gasteiger partial charge in [-0.2, -0.15) is 0 Å². The van der Waals surface area contributed by atoms with E-state index < -0.39 is 0 Å². The largest absolute Gasteiger partial charge is 0.264 e. The van der Waals surface area contributed by atoms with Crippen LogP contribution in [0.2, 0.25) is 0 Å². The van der Waals surface area contributed by atoms with Crippen LogP contribution in [0, 0.1) is 0 Å². The second kappa shape index (κ2) is 3.35. The van der Waals surface area contributed by atoms with E-state index >= 15 is 0 Å². The zero-order valence-electron chi connectivity index (χ0n) is 7.38. The first-order valence-corrected chi connectivity index (χ1v) is 4.20. The van der Waals surface area contributed by atoms with E-state index in [0.29, 0.717) is 0 Å². The fraction of sp³-hybridized carbons (Fsp3) is 0.222. The Morgan fingerprint density at radius 2 is 2.31 bits per heavy atom. The van der Waals surface area contributed by atoms with Crippen molar-refractivity contribution in [1.82, 2.24) is 20.0 Å². The second-order valence-electron chi connectivity index (χ2n) is 2.68. The molecule has 0 aliphatic carbocycles. The number of rotatable bonds is 2. The fourth-order valence-corrected chi connectivity index (χ4v) is 1.23. The van der Waals surface area contributed by atoms with E-state index in [1.54, 1.807) is 12.4 Å². The minimum Gasteiger partial charge on any atom is -0.264 e. The number of pyridine rings is 1. The molecule has 0 aromatic carbocycles. The zero-order chi connectivity index (χ0) is 9.10. The molecular formula is C9H10N4. The van der Waals surface area contributed by atoms with Gasteiger partial charge in [0.2, 0.25) is 0 Å². The molecule has 0 aliphatic rings. The molecule has 0 radical (unpaired) electrons. The van der Waals surface area contributed by atoms with Crippen molar-refractivity contribution in [1.29, 1.82) is 0 Å². The molecule has 2 rings (SSSR count). The molecule has 0 bridgehead atoms. The summed E-state index contributed by atoms with van der Waals surface area (Å²) in [7, 11) is 0. The van der Waals surface area contributed by atoms with Gasteiger partial charge in [0.05, 0.1) is 11.9 Å². The summed E-state index contributed by atoms with van der Waals surface area (Å²) < 4.78 is 1.84. The molecule has 4 nitrogen and oxygen atoms in total. The third kappa shape index (κ3) is 1.42. The van der Waals surface area contributed by atoms with Crippen molar-refractivity contribution in [3.8, 4) is 11.3 Å². The van der Waals surface area contributed by atoms with Crippen LogP contribution < -0.4 is 0 Å². The molecule has 66 valence electrons. The lowest BCUT2D eigenvalue weighted by molar-refractivity contribution is 0.632. The molecule has 2 heterocycles. The van der Waals surface area contributed by atoms with Crippen molar-refractivity contribution in [2.45, 2.75) is 13.5 Å². The predicted octanol–water partition coefficient (Wildman–Crippen LogP) is 1.36. The van der Waals surface area contributed by atoms with E-state index in [9.17, 15) is 0 Å². The van der Waals surface area contributed by atoms with Crippen LogP contribution >= 0.6 is 0 Å². The Balaban J connectivity index is 2.47. The lowest BCUT2D eigenvalue weighted by Crippen LogP contribution is -1.99. The number of hydrogen-bond donors (Lipinski definition) is 0. The molecule has 0 atom stereocenters. The van der Waals surface area contributed by atoms with Crippen LogP contribution in [0.4, 0.5) is 0 Å². The topological polar surface area (TPSA) is 43.6 Å². The third-order valence-electron chi connectivity index (χ3n) is 1.87. The molecule has 0 fully saturated rings. The van der Waals surface area contributed by atoms with Crippen LogP contribution in [-0.2, 0) is 6.54 Å². The van der Waals surface area contributed by atoms with Crippen molar-refractivity contribution in [3.05, 3.63) is 30.7 Å². The van der Waals surface area contributed by atoms with Crippen LogP contribution in [0.25, 0.3) is 11.3 Å². The Kier molecular flexibility index (Phi) is 2.04. The summed E-state index contributed by atoms with van der Waals surface area (Å²) >= 11 is 0. The van der Waals surface area contributed by atoms with Gasteiger partial charge >= 0.3 is 0 Å². The Bertz CT molecular complexity index is 380. The standard InChI is InChI=1S/C9H10N4/c1-2-13-9(7-11-12-13)8-4-3-5-10-6-8/h3-7H,2H2,1H3. The van der Waals surface area contributed by atoms with Gasteiger partial charge in [-0.3, -0.25) is 4.98 Å². The van der Waals surface area contributed by atoms with E-state index in [1.807, 2.05) is 29.9 Å². The number of hydrogen-bond acceptors (Lipinski definition) is 3. The van der Waals surface area contributed by atoms with E-state index in [1.165, 1.54) is 0 Å². The minimum atomic E-state index is 0.824. The van der Waals surface area contributed by atoms with Crippen molar-refractivity contribution in [2.24, 2.45) is 0 Å². The van der Waals surface area contributed by atoms with Gasteiger partial charge in [0.25, 0.3) is 0 Å². The lowest BCUT2D eigenvalue weighted by Gasteiger charge is -2.01. The molecule has 0 saturated carbocycles. The first-order valence-electron chi connectivity index (χ1n) is 4.20. The molecule has 0 N–H and O–H groups in total. The van der Waals surface area contributed by atoms with Crippen molar-refractivity contribution >= 4 is 0 Å². The monoisotopic (exact) mass is 174 g/mol. The van der Waals surface area contributed by atoms with Crippen LogP contribution in [-0.4, -0.2) is 20.0 Å². The van der Waals surface area contributed by atoms with Crippen molar-refractivity contribution in [3.63, 3.8) is 0 Å². The van der Waals surface area contributed by atoms with E-state index in [-0.39, 0.29) is 0 Å². The summed E-state index contributed by atoms with van der Waals surface area (Å²) in [6.45, 7) is 2.86. The summed E-state index contributed by atoms with van der Waals surface area (Å²) in [5, 5.41) is 7.80. The third-order valence-corrected chi connectivity index (χ3v) is 1.87. The van der Waals surface area contributed by atoms with Gasteiger partial charge in [0, 0.05) is 24.5 Å². The Morgan fingerprint density at radius 3 is 3.00 bits per heavy atom. The minimum absolute atomic E-state index is 0.824. The Hall–Kier alpha value is -1.71. The molecular weight excluding hydrogens is 164 g/mol. The first kappa shape index (κ1) is 7.91. The predicted molar refractivity (Wildman–Crippen MR) is 48.9 cm³/mol. The maximum atomic E-state index is 4.05. The molecule has 0 spiro atoms. The van der Waals surface area contributed by atoms with E-state index in [0.717, 1.165) is 17.8 Å². The van der Waals surface area contributed by atoms with Crippen LogP contribution in [0.3, 0.4) is 0 Å². The maximum Gasteiger partial charge on any atom is 0.0900 e. The normalized spacial score (nSPS) is 10.2. The Labute approximate surface area is 76.2 Å². The smallest absolute Gasteiger partial charge is 0.0900 e. The summed E-state index contributed by atoms with van der Waals surface area (Å²) in [6.07, 6.45) is 5.31. The molecule has 0 unspecified atom stereocenters.